The third kappa shape index (κ3) is 4.22. The third-order valence-electron chi connectivity index (χ3n) is 2.60. The fraction of sp³-hybridized carbons (Fsp3) is 0.286. The molecular weight excluding hydrogens is 256 g/mol. The lowest BCUT2D eigenvalue weighted by Crippen LogP contribution is -2.10. The van der Waals surface area contributed by atoms with E-state index < -0.39 is 0 Å². The molecule has 0 unspecified atom stereocenters. The van der Waals surface area contributed by atoms with Crippen LogP contribution in [0, 0.1) is 0 Å². The third-order valence-corrected chi connectivity index (χ3v) is 3.58. The Labute approximate surface area is 117 Å². The number of hydrogen-bond donors (Lipinski definition) is 2. The van der Waals surface area contributed by atoms with Gasteiger partial charge in [0.1, 0.15) is 16.7 Å². The highest BCUT2D eigenvalue weighted by atomic mass is 32.2. The average molecular weight is 274 g/mol. The molecule has 100 valence electrons. The van der Waals surface area contributed by atoms with Gasteiger partial charge in [-0.2, -0.15) is 0 Å². The lowest BCUT2D eigenvalue weighted by atomic mass is 10.2. The summed E-state index contributed by atoms with van der Waals surface area (Å²) in [6.45, 7) is 2.11. The number of nitrogens with one attached hydrogen (secondary N) is 1. The SMILES string of the molecule is CCCc1nc(NN)cc(SCc2ccccc2)n1. The summed E-state index contributed by atoms with van der Waals surface area (Å²) in [5.41, 5.74) is 3.88. The number of nitrogens with two attached hydrogens (primary N) is 1. The molecule has 5 heteroatoms. The van der Waals surface area contributed by atoms with Gasteiger partial charge in [-0.25, -0.2) is 15.8 Å². The standard InChI is InChI=1S/C14H18N4S/c1-2-6-12-16-13(18-15)9-14(17-12)19-10-11-7-4-3-5-8-11/h3-5,7-9H,2,6,10,15H2,1H3,(H,16,17,18). The second kappa shape index (κ2) is 7.11. The van der Waals surface area contributed by atoms with Gasteiger partial charge in [-0.1, -0.05) is 37.3 Å². The minimum atomic E-state index is 0.675. The number of nitrogens with zero attached hydrogens (tertiary/aromatic N) is 2. The van der Waals surface area contributed by atoms with Gasteiger partial charge in [0.15, 0.2) is 0 Å². The molecule has 0 radical (unpaired) electrons. The molecule has 1 aromatic heterocycles. The Morgan fingerprint density at radius 2 is 2.00 bits per heavy atom. The summed E-state index contributed by atoms with van der Waals surface area (Å²) >= 11 is 1.70. The first-order valence-corrected chi connectivity index (χ1v) is 7.31. The fourth-order valence-electron chi connectivity index (χ4n) is 1.69. The number of rotatable bonds is 6. The number of nitrogen functional groups attached to an aromatic ring is 1. The molecule has 19 heavy (non-hydrogen) atoms. The maximum absolute atomic E-state index is 5.44. The molecule has 4 nitrogen and oxygen atoms in total. The van der Waals surface area contributed by atoms with Crippen LogP contribution in [0.5, 0.6) is 0 Å². The van der Waals surface area contributed by atoms with Crippen LogP contribution in [-0.2, 0) is 12.2 Å². The first kappa shape index (κ1) is 13.8. The average Bonchev–Trinajstić information content (AvgIpc) is 2.46. The van der Waals surface area contributed by atoms with Crippen molar-refractivity contribution in [2.45, 2.75) is 30.5 Å². The van der Waals surface area contributed by atoms with Crippen LogP contribution in [-0.4, -0.2) is 9.97 Å². The minimum Gasteiger partial charge on any atom is -0.308 e. The number of thioether (sulfide) groups is 1. The monoisotopic (exact) mass is 274 g/mol. The second-order valence-corrected chi connectivity index (χ2v) is 5.17. The molecule has 0 fully saturated rings. The van der Waals surface area contributed by atoms with Crippen LogP contribution in [0.3, 0.4) is 0 Å². The number of aryl methyl sites for hydroxylation is 1. The van der Waals surface area contributed by atoms with Gasteiger partial charge in [-0.3, -0.25) is 0 Å². The number of benzene rings is 1. The van der Waals surface area contributed by atoms with Gasteiger partial charge in [-0.15, -0.1) is 11.8 Å². The highest BCUT2D eigenvalue weighted by Gasteiger charge is 2.04. The Balaban J connectivity index is 2.08. The largest absolute Gasteiger partial charge is 0.308 e. The van der Waals surface area contributed by atoms with E-state index in [0.29, 0.717) is 5.82 Å². The molecule has 2 rings (SSSR count). The van der Waals surface area contributed by atoms with Crippen molar-refractivity contribution in [3.8, 4) is 0 Å². The molecule has 0 saturated heterocycles. The van der Waals surface area contributed by atoms with Gasteiger partial charge < -0.3 is 5.43 Å². The normalized spacial score (nSPS) is 10.4. The van der Waals surface area contributed by atoms with Crippen molar-refractivity contribution in [1.29, 1.82) is 0 Å². The zero-order chi connectivity index (χ0) is 13.5. The Morgan fingerprint density at radius 1 is 1.21 bits per heavy atom. The molecule has 0 saturated carbocycles. The van der Waals surface area contributed by atoms with Gasteiger partial charge >= 0.3 is 0 Å². The maximum atomic E-state index is 5.44. The van der Waals surface area contributed by atoms with E-state index in [0.717, 1.165) is 29.4 Å². The highest BCUT2D eigenvalue weighted by Crippen LogP contribution is 2.22. The first-order chi connectivity index (χ1) is 9.31. The van der Waals surface area contributed by atoms with E-state index in [4.69, 9.17) is 5.84 Å². The van der Waals surface area contributed by atoms with Crippen LogP contribution in [0.4, 0.5) is 5.82 Å². The van der Waals surface area contributed by atoms with Crippen LogP contribution in [0.1, 0.15) is 24.7 Å². The summed E-state index contributed by atoms with van der Waals surface area (Å²) in [7, 11) is 0. The molecule has 0 aliphatic rings. The quantitative estimate of drug-likeness (QED) is 0.367. The number of aromatic nitrogens is 2. The van der Waals surface area contributed by atoms with Crippen molar-refractivity contribution in [3.05, 3.63) is 47.8 Å². The van der Waals surface area contributed by atoms with Crippen LogP contribution in [0.15, 0.2) is 41.4 Å². The van der Waals surface area contributed by atoms with E-state index in [2.05, 4.69) is 34.5 Å². The lowest BCUT2D eigenvalue weighted by Gasteiger charge is -2.07. The van der Waals surface area contributed by atoms with Crippen molar-refractivity contribution in [1.82, 2.24) is 9.97 Å². The summed E-state index contributed by atoms with van der Waals surface area (Å²) in [6.07, 6.45) is 1.89. The van der Waals surface area contributed by atoms with E-state index >= 15 is 0 Å². The van der Waals surface area contributed by atoms with E-state index in [1.807, 2.05) is 24.3 Å². The fourth-order valence-corrected chi connectivity index (χ4v) is 2.56. The molecule has 1 aromatic carbocycles. The van der Waals surface area contributed by atoms with Crippen molar-refractivity contribution in [2.75, 3.05) is 5.43 Å². The van der Waals surface area contributed by atoms with Crippen molar-refractivity contribution in [2.24, 2.45) is 5.84 Å². The molecule has 0 aliphatic carbocycles. The molecule has 3 N–H and O–H groups in total. The molecule has 0 bridgehead atoms. The molecule has 0 aliphatic heterocycles. The molecular formula is C14H18N4S. The van der Waals surface area contributed by atoms with Crippen LogP contribution >= 0.6 is 11.8 Å². The zero-order valence-corrected chi connectivity index (χ0v) is 11.8. The molecule has 1 heterocycles. The van der Waals surface area contributed by atoms with Crippen molar-refractivity contribution >= 4 is 17.6 Å². The van der Waals surface area contributed by atoms with E-state index in [-0.39, 0.29) is 0 Å². The summed E-state index contributed by atoms with van der Waals surface area (Å²) in [5.74, 6) is 7.85. The predicted molar refractivity (Wildman–Crippen MR) is 79.8 cm³/mol. The smallest absolute Gasteiger partial charge is 0.144 e. The molecule has 2 aromatic rings. The molecule has 0 spiro atoms. The predicted octanol–water partition coefficient (Wildman–Crippen LogP) is 3.01. The van der Waals surface area contributed by atoms with Crippen LogP contribution in [0.25, 0.3) is 0 Å². The van der Waals surface area contributed by atoms with Gasteiger partial charge in [0.25, 0.3) is 0 Å². The van der Waals surface area contributed by atoms with Gasteiger partial charge in [0.05, 0.1) is 0 Å². The molecule has 0 amide bonds. The summed E-state index contributed by atoms with van der Waals surface area (Å²) in [5, 5.41) is 0.954. The minimum absolute atomic E-state index is 0.675. The molecule has 0 atom stereocenters. The zero-order valence-electron chi connectivity index (χ0n) is 11.0. The Morgan fingerprint density at radius 3 is 2.68 bits per heavy atom. The Hall–Kier alpha value is -1.59. The van der Waals surface area contributed by atoms with Crippen LogP contribution in [0.2, 0.25) is 0 Å². The Bertz CT molecular complexity index is 516. The van der Waals surface area contributed by atoms with Gasteiger partial charge in [0, 0.05) is 18.2 Å². The topological polar surface area (TPSA) is 63.8 Å². The summed E-state index contributed by atoms with van der Waals surface area (Å²) < 4.78 is 0. The van der Waals surface area contributed by atoms with Gasteiger partial charge in [0.2, 0.25) is 0 Å². The lowest BCUT2D eigenvalue weighted by molar-refractivity contribution is 0.810. The first-order valence-electron chi connectivity index (χ1n) is 6.33. The number of hydrazine groups is 1. The van der Waals surface area contributed by atoms with Gasteiger partial charge in [-0.05, 0) is 12.0 Å². The van der Waals surface area contributed by atoms with Crippen LogP contribution < -0.4 is 11.3 Å². The van der Waals surface area contributed by atoms with E-state index in [1.54, 1.807) is 11.8 Å². The van der Waals surface area contributed by atoms with Crippen molar-refractivity contribution in [3.63, 3.8) is 0 Å². The maximum Gasteiger partial charge on any atom is 0.144 e. The van der Waals surface area contributed by atoms with Crippen molar-refractivity contribution < 1.29 is 0 Å². The number of hydrogen-bond acceptors (Lipinski definition) is 5. The van der Waals surface area contributed by atoms with E-state index in [9.17, 15) is 0 Å². The second-order valence-electron chi connectivity index (χ2n) is 4.18. The van der Waals surface area contributed by atoms with E-state index in [1.165, 1.54) is 5.56 Å². The Kier molecular flexibility index (Phi) is 5.18. The summed E-state index contributed by atoms with van der Waals surface area (Å²) in [4.78, 5) is 8.88. The number of anilines is 1. The summed E-state index contributed by atoms with van der Waals surface area (Å²) in [6, 6.07) is 12.2. The highest BCUT2D eigenvalue weighted by molar-refractivity contribution is 7.98.